The molecular weight excluding hydrogens is 462 g/mol. The molecule has 0 aliphatic carbocycles. The van der Waals surface area contributed by atoms with Crippen LogP contribution < -0.4 is 0 Å². The first-order chi connectivity index (χ1) is 18.7. The summed E-state index contributed by atoms with van der Waals surface area (Å²) in [7, 11) is 0. The van der Waals surface area contributed by atoms with Gasteiger partial charge in [-0.05, 0) is 78.7 Å². The highest BCUT2D eigenvalue weighted by Crippen LogP contribution is 2.37. The van der Waals surface area contributed by atoms with Crippen LogP contribution in [0.1, 0.15) is 5.56 Å². The number of aryl methyl sites for hydroxylation is 1. The Kier molecular flexibility index (Phi) is 4.44. The van der Waals surface area contributed by atoms with E-state index in [0.717, 1.165) is 22.4 Å². The van der Waals surface area contributed by atoms with Crippen molar-refractivity contribution in [3.63, 3.8) is 0 Å². The number of hydrogen-bond donors (Lipinski definition) is 2. The van der Waals surface area contributed by atoms with E-state index in [1.807, 2.05) is 0 Å². The Balaban J connectivity index is 1.39. The number of para-hydroxylation sites is 2. The van der Waals surface area contributed by atoms with Gasteiger partial charge in [0, 0.05) is 49.7 Å². The number of aromatic amines is 2. The molecule has 3 heteroatoms. The summed E-state index contributed by atoms with van der Waals surface area (Å²) in [5.74, 6) is 0. The van der Waals surface area contributed by atoms with Crippen molar-refractivity contribution in [3.05, 3.63) is 127 Å². The summed E-state index contributed by atoms with van der Waals surface area (Å²) in [6, 6.07) is 43.8. The van der Waals surface area contributed by atoms with Crippen LogP contribution in [0.25, 0.3) is 71.8 Å². The second-order valence-electron chi connectivity index (χ2n) is 10.2. The van der Waals surface area contributed by atoms with Gasteiger partial charge in [0.1, 0.15) is 0 Å². The SMILES string of the molecule is Cc1ccc(-n2c3ccc(-c4cc5ccccc5[nH]4)cc3c3cc(-c4cc5ccccc5[nH]4)ccc32)cc1. The van der Waals surface area contributed by atoms with E-state index >= 15 is 0 Å². The average molecular weight is 488 g/mol. The van der Waals surface area contributed by atoms with E-state index in [4.69, 9.17) is 0 Å². The molecule has 0 spiro atoms. The molecule has 3 heterocycles. The van der Waals surface area contributed by atoms with Gasteiger partial charge in [0.05, 0.1) is 11.0 Å². The maximum atomic E-state index is 3.61. The summed E-state index contributed by atoms with van der Waals surface area (Å²) in [6.07, 6.45) is 0. The van der Waals surface area contributed by atoms with Crippen molar-refractivity contribution in [1.29, 1.82) is 0 Å². The molecule has 0 radical (unpaired) electrons. The maximum absolute atomic E-state index is 3.61. The van der Waals surface area contributed by atoms with Crippen LogP contribution in [0.5, 0.6) is 0 Å². The van der Waals surface area contributed by atoms with E-state index in [1.54, 1.807) is 0 Å². The Morgan fingerprint density at radius 1 is 0.500 bits per heavy atom. The lowest BCUT2D eigenvalue weighted by atomic mass is 10.0. The van der Waals surface area contributed by atoms with Crippen LogP contribution in [0, 0.1) is 6.92 Å². The predicted molar refractivity (Wildman–Crippen MR) is 160 cm³/mol. The van der Waals surface area contributed by atoms with Gasteiger partial charge in [0.25, 0.3) is 0 Å². The number of nitrogens with zero attached hydrogens (tertiary/aromatic N) is 1. The van der Waals surface area contributed by atoms with Crippen molar-refractivity contribution in [2.24, 2.45) is 0 Å². The van der Waals surface area contributed by atoms with Crippen molar-refractivity contribution in [2.75, 3.05) is 0 Å². The Labute approximate surface area is 220 Å². The molecule has 3 aromatic heterocycles. The van der Waals surface area contributed by atoms with Crippen LogP contribution >= 0.6 is 0 Å². The molecule has 0 fully saturated rings. The van der Waals surface area contributed by atoms with Gasteiger partial charge in [-0.2, -0.15) is 0 Å². The van der Waals surface area contributed by atoms with Crippen molar-refractivity contribution in [1.82, 2.24) is 14.5 Å². The summed E-state index contributed by atoms with van der Waals surface area (Å²) in [6.45, 7) is 2.13. The zero-order valence-corrected chi connectivity index (χ0v) is 21.0. The number of nitrogens with one attached hydrogen (secondary N) is 2. The van der Waals surface area contributed by atoms with Crippen LogP contribution in [0.3, 0.4) is 0 Å². The normalized spacial score (nSPS) is 11.8. The van der Waals surface area contributed by atoms with Crippen LogP contribution in [0.15, 0.2) is 121 Å². The molecule has 0 amide bonds. The zero-order chi connectivity index (χ0) is 25.2. The fourth-order valence-corrected chi connectivity index (χ4v) is 5.79. The second-order valence-corrected chi connectivity index (χ2v) is 10.2. The highest BCUT2D eigenvalue weighted by Gasteiger charge is 2.16. The zero-order valence-electron chi connectivity index (χ0n) is 21.0. The van der Waals surface area contributed by atoms with Gasteiger partial charge in [0.15, 0.2) is 0 Å². The van der Waals surface area contributed by atoms with Crippen LogP contribution in [0.4, 0.5) is 0 Å². The number of hydrogen-bond acceptors (Lipinski definition) is 0. The fourth-order valence-electron chi connectivity index (χ4n) is 5.79. The third-order valence-electron chi connectivity index (χ3n) is 7.74. The molecule has 2 N–H and O–H groups in total. The molecule has 8 rings (SSSR count). The van der Waals surface area contributed by atoms with E-state index in [2.05, 4.69) is 143 Å². The molecule has 0 saturated carbocycles. The Morgan fingerprint density at radius 3 is 1.50 bits per heavy atom. The molecule has 0 atom stereocenters. The van der Waals surface area contributed by atoms with E-state index in [9.17, 15) is 0 Å². The summed E-state index contributed by atoms with van der Waals surface area (Å²) >= 11 is 0. The first-order valence-electron chi connectivity index (χ1n) is 13.0. The molecule has 0 bridgehead atoms. The molecule has 0 unspecified atom stereocenters. The molecule has 38 heavy (non-hydrogen) atoms. The van der Waals surface area contributed by atoms with Gasteiger partial charge in [-0.15, -0.1) is 0 Å². The van der Waals surface area contributed by atoms with Gasteiger partial charge in [0.2, 0.25) is 0 Å². The van der Waals surface area contributed by atoms with Crippen LogP contribution in [0.2, 0.25) is 0 Å². The van der Waals surface area contributed by atoms with Gasteiger partial charge in [-0.3, -0.25) is 0 Å². The number of fused-ring (bicyclic) bond motifs is 5. The van der Waals surface area contributed by atoms with Gasteiger partial charge < -0.3 is 14.5 Å². The van der Waals surface area contributed by atoms with E-state index in [1.165, 1.54) is 55.0 Å². The molecule has 0 saturated heterocycles. The minimum absolute atomic E-state index is 1.14. The minimum Gasteiger partial charge on any atom is -0.355 e. The van der Waals surface area contributed by atoms with Crippen molar-refractivity contribution in [3.8, 4) is 28.2 Å². The fraction of sp³-hybridized carbons (Fsp3) is 0.0286. The predicted octanol–water partition coefficient (Wildman–Crippen LogP) is 9.39. The van der Waals surface area contributed by atoms with Crippen molar-refractivity contribution >= 4 is 43.6 Å². The smallest absolute Gasteiger partial charge is 0.0541 e. The van der Waals surface area contributed by atoms with Crippen molar-refractivity contribution in [2.45, 2.75) is 6.92 Å². The molecule has 5 aromatic carbocycles. The lowest BCUT2D eigenvalue weighted by Crippen LogP contribution is -1.93. The quantitative estimate of drug-likeness (QED) is 0.249. The van der Waals surface area contributed by atoms with E-state index < -0.39 is 0 Å². The summed E-state index contributed by atoms with van der Waals surface area (Å²) in [4.78, 5) is 7.22. The number of aromatic nitrogens is 3. The second kappa shape index (κ2) is 7.99. The number of benzene rings is 5. The minimum atomic E-state index is 1.14. The van der Waals surface area contributed by atoms with Gasteiger partial charge >= 0.3 is 0 Å². The van der Waals surface area contributed by atoms with Gasteiger partial charge in [-0.25, -0.2) is 0 Å². The molecule has 0 aliphatic rings. The number of H-pyrrole nitrogens is 2. The largest absolute Gasteiger partial charge is 0.355 e. The lowest BCUT2D eigenvalue weighted by molar-refractivity contribution is 1.17. The molecule has 0 aliphatic heterocycles. The average Bonchev–Trinajstić information content (AvgIpc) is 3.66. The van der Waals surface area contributed by atoms with Crippen molar-refractivity contribution < 1.29 is 0 Å². The highest BCUT2D eigenvalue weighted by atomic mass is 15.0. The highest BCUT2D eigenvalue weighted by molar-refractivity contribution is 6.11. The summed E-state index contributed by atoms with van der Waals surface area (Å²) in [5.41, 5.74) is 11.8. The van der Waals surface area contributed by atoms with E-state index in [0.29, 0.717) is 0 Å². The first-order valence-corrected chi connectivity index (χ1v) is 13.0. The lowest BCUT2D eigenvalue weighted by Gasteiger charge is -2.09. The molecular formula is C35H25N3. The molecule has 180 valence electrons. The topological polar surface area (TPSA) is 36.5 Å². The first kappa shape index (κ1) is 21.1. The van der Waals surface area contributed by atoms with E-state index in [-0.39, 0.29) is 0 Å². The Morgan fingerprint density at radius 2 is 1.00 bits per heavy atom. The summed E-state index contributed by atoms with van der Waals surface area (Å²) in [5, 5.41) is 4.95. The van der Waals surface area contributed by atoms with Crippen LogP contribution in [-0.4, -0.2) is 14.5 Å². The standard InChI is InChI=1S/C35H25N3/c1-22-10-14-27(15-11-22)38-34-16-12-25(32-20-23-6-2-4-8-30(23)36-32)18-28(34)29-19-26(13-17-35(29)38)33-21-24-7-3-5-9-31(24)37-33/h2-21,36-37H,1H3. The Bertz CT molecular complexity index is 1940. The maximum Gasteiger partial charge on any atom is 0.0541 e. The third kappa shape index (κ3) is 3.22. The Hall–Kier alpha value is -5.02. The number of rotatable bonds is 3. The molecule has 3 nitrogen and oxygen atoms in total. The van der Waals surface area contributed by atoms with Crippen LogP contribution in [-0.2, 0) is 0 Å². The molecule has 8 aromatic rings. The van der Waals surface area contributed by atoms with Gasteiger partial charge in [-0.1, -0.05) is 66.2 Å². The third-order valence-corrected chi connectivity index (χ3v) is 7.74. The summed E-state index contributed by atoms with van der Waals surface area (Å²) < 4.78 is 2.38. The monoisotopic (exact) mass is 487 g/mol.